The van der Waals surface area contributed by atoms with Gasteiger partial charge in [0.1, 0.15) is 0 Å². The Morgan fingerprint density at radius 1 is 0.379 bits per heavy atom. The van der Waals surface area contributed by atoms with Crippen molar-refractivity contribution in [2.75, 3.05) is 0 Å². The summed E-state index contributed by atoms with van der Waals surface area (Å²) in [5.41, 5.74) is 6.63. The van der Waals surface area contributed by atoms with Crippen LogP contribution in [0.1, 0.15) is 89.1 Å². The summed E-state index contributed by atoms with van der Waals surface area (Å²) >= 11 is 0. The first-order valence-corrected chi connectivity index (χ1v) is 11.4. The third-order valence-electron chi connectivity index (χ3n) is 3.95. The molecule has 0 aliphatic carbocycles. The number of rotatable bonds is 3. The fourth-order valence-electron chi connectivity index (χ4n) is 2.74. The van der Waals surface area contributed by atoms with Crippen LogP contribution in [-0.2, 0) is 0 Å². The summed E-state index contributed by atoms with van der Waals surface area (Å²) in [6.45, 7) is 20.3. The summed E-state index contributed by atoms with van der Waals surface area (Å²) in [6, 6.07) is 28.5. The van der Waals surface area contributed by atoms with Gasteiger partial charge in [-0.25, -0.2) is 0 Å². The Kier molecular flexibility index (Phi) is 18.9. The van der Waals surface area contributed by atoms with Crippen LogP contribution in [0.3, 0.4) is 0 Å². The molecule has 0 bridgehead atoms. The molecule has 0 unspecified atom stereocenters. The molecule has 0 heterocycles. The van der Waals surface area contributed by atoms with E-state index in [1.165, 1.54) is 27.8 Å². The molecule has 0 atom stereocenters. The Labute approximate surface area is 182 Å². The molecule has 0 spiro atoms. The van der Waals surface area contributed by atoms with Crippen molar-refractivity contribution < 1.29 is 0 Å². The molecule has 0 N–H and O–H groups in total. The van der Waals surface area contributed by atoms with E-state index in [-0.39, 0.29) is 0 Å². The Hall–Kier alpha value is -2.34. The van der Waals surface area contributed by atoms with Crippen molar-refractivity contribution >= 4 is 0 Å². The zero-order valence-electron chi connectivity index (χ0n) is 20.6. The second-order valence-electron chi connectivity index (χ2n) is 5.67. The number of benzene rings is 3. The largest absolute Gasteiger partial charge is 0.0683 e. The van der Waals surface area contributed by atoms with Gasteiger partial charge >= 0.3 is 0 Å². The van der Waals surface area contributed by atoms with Crippen molar-refractivity contribution in [3.05, 3.63) is 107 Å². The maximum atomic E-state index is 2.24. The second kappa shape index (κ2) is 19.0. The zero-order valence-corrected chi connectivity index (χ0v) is 20.6. The average molecular weight is 393 g/mol. The minimum absolute atomic E-state index is 0.299. The quantitative estimate of drug-likeness (QED) is 0.389. The molecule has 160 valence electrons. The van der Waals surface area contributed by atoms with Gasteiger partial charge in [0.25, 0.3) is 0 Å². The van der Waals surface area contributed by atoms with Crippen molar-refractivity contribution in [3.63, 3.8) is 0 Å². The number of hydrogen-bond acceptors (Lipinski definition) is 0. The highest BCUT2D eigenvalue weighted by Gasteiger charge is 2.16. The van der Waals surface area contributed by atoms with Crippen molar-refractivity contribution in [3.8, 4) is 0 Å². The van der Waals surface area contributed by atoms with Crippen LogP contribution >= 0.6 is 0 Å². The van der Waals surface area contributed by atoms with E-state index in [0.717, 1.165) is 0 Å². The van der Waals surface area contributed by atoms with E-state index in [1.807, 2.05) is 55.4 Å². The van der Waals surface area contributed by atoms with Gasteiger partial charge < -0.3 is 0 Å². The minimum Gasteiger partial charge on any atom is -0.0683 e. The molecule has 0 saturated heterocycles. The Bertz CT molecular complexity index is 646. The zero-order chi connectivity index (χ0) is 22.7. The molecule has 0 aliphatic rings. The van der Waals surface area contributed by atoms with Gasteiger partial charge in [-0.3, -0.25) is 0 Å². The third-order valence-corrected chi connectivity index (χ3v) is 3.95. The molecule has 29 heavy (non-hydrogen) atoms. The lowest BCUT2D eigenvalue weighted by Crippen LogP contribution is -2.03. The van der Waals surface area contributed by atoms with Crippen molar-refractivity contribution in [1.82, 2.24) is 0 Å². The average Bonchev–Trinajstić information content (AvgIpc) is 2.83. The van der Waals surface area contributed by atoms with Gasteiger partial charge in [0, 0.05) is 5.92 Å². The smallest absolute Gasteiger partial charge is 0.0339 e. The SMILES string of the molecule is CC.CC.CC.CC.Cc1ccc(C(c2ccccc2)c2ccc(C)cc2)cc1. The fraction of sp³-hybridized carbons (Fsp3) is 0.379. The molecular formula is C29H44. The lowest BCUT2D eigenvalue weighted by Gasteiger charge is -2.19. The maximum absolute atomic E-state index is 2.24. The van der Waals surface area contributed by atoms with E-state index in [1.54, 1.807) is 0 Å². The molecule has 0 fully saturated rings. The molecule has 0 saturated carbocycles. The monoisotopic (exact) mass is 392 g/mol. The lowest BCUT2D eigenvalue weighted by atomic mass is 9.85. The van der Waals surface area contributed by atoms with E-state index in [4.69, 9.17) is 0 Å². The van der Waals surface area contributed by atoms with Crippen LogP contribution in [0, 0.1) is 13.8 Å². The van der Waals surface area contributed by atoms with Gasteiger partial charge in [-0.05, 0) is 30.5 Å². The molecule has 3 rings (SSSR count). The first-order valence-electron chi connectivity index (χ1n) is 11.4. The van der Waals surface area contributed by atoms with Gasteiger partial charge in [0.05, 0.1) is 0 Å². The molecule has 0 amide bonds. The normalized spacial score (nSPS) is 8.66. The van der Waals surface area contributed by atoms with Crippen LogP contribution in [0.15, 0.2) is 78.9 Å². The van der Waals surface area contributed by atoms with E-state index >= 15 is 0 Å². The van der Waals surface area contributed by atoms with E-state index in [9.17, 15) is 0 Å². The Balaban J connectivity index is 0. The van der Waals surface area contributed by atoms with Crippen LogP contribution in [0.4, 0.5) is 0 Å². The molecule has 3 aromatic rings. The summed E-state index contributed by atoms with van der Waals surface area (Å²) in [7, 11) is 0. The predicted octanol–water partition coefficient (Wildman–Crippen LogP) is 9.59. The van der Waals surface area contributed by atoms with E-state index < -0.39 is 0 Å². The molecule has 0 heteroatoms. The second-order valence-corrected chi connectivity index (χ2v) is 5.67. The molecule has 0 aliphatic heterocycles. The first kappa shape index (κ1) is 28.9. The molecule has 0 nitrogen and oxygen atoms in total. The highest BCUT2D eigenvalue weighted by Crippen LogP contribution is 2.32. The molecule has 0 aromatic heterocycles. The van der Waals surface area contributed by atoms with E-state index in [2.05, 4.69) is 92.7 Å². The fourth-order valence-corrected chi connectivity index (χ4v) is 2.74. The van der Waals surface area contributed by atoms with E-state index in [0.29, 0.717) is 5.92 Å². The highest BCUT2D eigenvalue weighted by atomic mass is 14.2. The number of hydrogen-bond donors (Lipinski definition) is 0. The van der Waals surface area contributed by atoms with Gasteiger partial charge in [-0.2, -0.15) is 0 Å². The van der Waals surface area contributed by atoms with Crippen molar-refractivity contribution in [1.29, 1.82) is 0 Å². The topological polar surface area (TPSA) is 0 Å². The molecule has 0 radical (unpaired) electrons. The van der Waals surface area contributed by atoms with Crippen LogP contribution < -0.4 is 0 Å². The highest BCUT2D eigenvalue weighted by molar-refractivity contribution is 5.44. The van der Waals surface area contributed by atoms with Crippen LogP contribution in [0.2, 0.25) is 0 Å². The summed E-state index contributed by atoms with van der Waals surface area (Å²) in [5.74, 6) is 0.299. The molecular weight excluding hydrogens is 348 g/mol. The lowest BCUT2D eigenvalue weighted by molar-refractivity contribution is 0.974. The van der Waals surface area contributed by atoms with Gasteiger partial charge in [-0.1, -0.05) is 145 Å². The first-order chi connectivity index (χ1) is 14.2. The summed E-state index contributed by atoms with van der Waals surface area (Å²) < 4.78 is 0. The summed E-state index contributed by atoms with van der Waals surface area (Å²) in [4.78, 5) is 0. The standard InChI is InChI=1S/C21H20.4C2H6/c1-16-8-12-19(13-9-16)21(18-6-4-3-5-7-18)20-14-10-17(2)11-15-20;4*1-2/h3-15,21H,1-2H3;4*1-2H3. The van der Waals surface area contributed by atoms with Crippen molar-refractivity contribution in [2.24, 2.45) is 0 Å². The predicted molar refractivity (Wildman–Crippen MR) is 135 cm³/mol. The Morgan fingerprint density at radius 2 is 0.655 bits per heavy atom. The van der Waals surface area contributed by atoms with Crippen LogP contribution in [0.5, 0.6) is 0 Å². The Morgan fingerprint density at radius 3 is 0.966 bits per heavy atom. The van der Waals surface area contributed by atoms with Crippen molar-refractivity contribution in [2.45, 2.75) is 75.2 Å². The maximum Gasteiger partial charge on any atom is 0.0339 e. The van der Waals surface area contributed by atoms with Gasteiger partial charge in [0.2, 0.25) is 0 Å². The van der Waals surface area contributed by atoms with Crippen LogP contribution in [-0.4, -0.2) is 0 Å². The van der Waals surface area contributed by atoms with Crippen LogP contribution in [0.25, 0.3) is 0 Å². The van der Waals surface area contributed by atoms with Gasteiger partial charge in [-0.15, -0.1) is 0 Å². The summed E-state index contributed by atoms with van der Waals surface area (Å²) in [5, 5.41) is 0. The third kappa shape index (κ3) is 10.1. The number of aryl methyl sites for hydroxylation is 2. The minimum atomic E-state index is 0.299. The van der Waals surface area contributed by atoms with Gasteiger partial charge in [0.15, 0.2) is 0 Å². The molecule has 3 aromatic carbocycles. The summed E-state index contributed by atoms with van der Waals surface area (Å²) in [6.07, 6.45) is 0.